The Kier molecular flexibility index (Phi) is 8.83. The smallest absolute Gasteiger partial charge is 0.0201 e. The molecule has 0 aromatic carbocycles. The Hall–Kier alpha value is -0.170. The highest BCUT2D eigenvalue weighted by Gasteiger charge is 2.11. The molecule has 0 heterocycles. The average Bonchev–Trinajstić information content (AvgIpc) is 2.24. The van der Waals surface area contributed by atoms with Gasteiger partial charge in [0, 0.05) is 5.25 Å². The van der Waals surface area contributed by atoms with Gasteiger partial charge in [-0.1, -0.05) is 51.5 Å². The second-order valence-electron chi connectivity index (χ2n) is 4.56. The van der Waals surface area contributed by atoms with Crippen LogP contribution < -0.4 is 0 Å². The fraction of sp³-hybridized carbons (Fsp3) is 0.733. The summed E-state index contributed by atoms with van der Waals surface area (Å²) in [4.78, 5) is 0. The first kappa shape index (κ1) is 15.8. The summed E-state index contributed by atoms with van der Waals surface area (Å²) in [5.41, 5.74) is 1.53. The van der Waals surface area contributed by atoms with Crippen molar-refractivity contribution in [1.29, 1.82) is 0 Å². The largest absolute Gasteiger partial charge is 0.155 e. The molecular weight excluding hydrogens is 212 g/mol. The van der Waals surface area contributed by atoms with Crippen LogP contribution in [0.3, 0.4) is 0 Å². The third-order valence-electron chi connectivity index (χ3n) is 3.11. The van der Waals surface area contributed by atoms with Gasteiger partial charge >= 0.3 is 0 Å². The topological polar surface area (TPSA) is 0 Å². The maximum absolute atomic E-state index is 2.43. The summed E-state index contributed by atoms with van der Waals surface area (Å²) in [6.45, 7) is 13.6. The first-order valence-electron chi connectivity index (χ1n) is 6.49. The second kappa shape index (κ2) is 8.92. The summed E-state index contributed by atoms with van der Waals surface area (Å²) in [6, 6.07) is 0. The lowest BCUT2D eigenvalue weighted by molar-refractivity contribution is 0.527. The van der Waals surface area contributed by atoms with Crippen molar-refractivity contribution in [3.05, 3.63) is 23.8 Å². The maximum Gasteiger partial charge on any atom is 0.0201 e. The molecule has 3 atom stereocenters. The van der Waals surface area contributed by atoms with Crippen LogP contribution in [0.4, 0.5) is 0 Å². The van der Waals surface area contributed by atoms with Crippen molar-refractivity contribution < 1.29 is 0 Å². The molecular formula is C15H28S. The van der Waals surface area contributed by atoms with Gasteiger partial charge in [-0.3, -0.25) is 0 Å². The fourth-order valence-corrected chi connectivity index (χ4v) is 2.60. The minimum Gasteiger partial charge on any atom is -0.155 e. The van der Waals surface area contributed by atoms with E-state index in [1.54, 1.807) is 0 Å². The fourth-order valence-electron chi connectivity index (χ4n) is 1.77. The molecule has 3 unspecified atom stereocenters. The van der Waals surface area contributed by atoms with Crippen LogP contribution in [0.5, 0.6) is 0 Å². The van der Waals surface area contributed by atoms with E-state index in [0.29, 0.717) is 17.1 Å². The summed E-state index contributed by atoms with van der Waals surface area (Å²) in [5, 5.41) is 0.648. The predicted octanol–water partition coefficient (Wildman–Crippen LogP) is 5.31. The monoisotopic (exact) mass is 240 g/mol. The van der Waals surface area contributed by atoms with Gasteiger partial charge in [0.2, 0.25) is 0 Å². The van der Waals surface area contributed by atoms with Crippen LogP contribution in [0.2, 0.25) is 0 Å². The molecule has 0 saturated heterocycles. The number of thioether (sulfide) groups is 1. The minimum atomic E-state index is 0.648. The van der Waals surface area contributed by atoms with Gasteiger partial charge in [-0.25, -0.2) is 0 Å². The SMILES string of the molecule is CC/C=C\C(C)C(C)/C(C)=C/C(C)SCC. The van der Waals surface area contributed by atoms with Crippen LogP contribution in [0, 0.1) is 11.8 Å². The minimum absolute atomic E-state index is 0.648. The summed E-state index contributed by atoms with van der Waals surface area (Å²) in [7, 11) is 0. The third-order valence-corrected chi connectivity index (χ3v) is 4.10. The van der Waals surface area contributed by atoms with Crippen LogP contribution >= 0.6 is 11.8 Å². The van der Waals surface area contributed by atoms with Crippen molar-refractivity contribution in [3.8, 4) is 0 Å². The molecule has 0 aliphatic rings. The zero-order chi connectivity index (χ0) is 12.6. The lowest BCUT2D eigenvalue weighted by Gasteiger charge is -2.19. The Bertz CT molecular complexity index is 228. The van der Waals surface area contributed by atoms with Gasteiger partial charge in [0.25, 0.3) is 0 Å². The molecule has 94 valence electrons. The zero-order valence-electron chi connectivity index (χ0n) is 11.8. The molecule has 0 aromatic heterocycles. The highest BCUT2D eigenvalue weighted by Crippen LogP contribution is 2.23. The molecule has 0 rings (SSSR count). The molecule has 16 heavy (non-hydrogen) atoms. The van der Waals surface area contributed by atoms with Crippen molar-refractivity contribution in [2.24, 2.45) is 11.8 Å². The van der Waals surface area contributed by atoms with Gasteiger partial charge in [0.1, 0.15) is 0 Å². The van der Waals surface area contributed by atoms with Crippen molar-refractivity contribution in [3.63, 3.8) is 0 Å². The lowest BCUT2D eigenvalue weighted by atomic mass is 9.88. The summed E-state index contributed by atoms with van der Waals surface area (Å²) < 4.78 is 0. The normalized spacial score (nSPS) is 18.8. The van der Waals surface area contributed by atoms with Crippen molar-refractivity contribution in [2.75, 3.05) is 5.75 Å². The van der Waals surface area contributed by atoms with Crippen molar-refractivity contribution >= 4 is 11.8 Å². The molecule has 0 amide bonds. The molecule has 0 radical (unpaired) electrons. The third kappa shape index (κ3) is 6.42. The van der Waals surface area contributed by atoms with Gasteiger partial charge in [0.15, 0.2) is 0 Å². The lowest BCUT2D eigenvalue weighted by Crippen LogP contribution is -2.08. The average molecular weight is 240 g/mol. The summed E-state index contributed by atoms with van der Waals surface area (Å²) in [6.07, 6.45) is 8.19. The Balaban J connectivity index is 4.35. The highest BCUT2D eigenvalue weighted by atomic mass is 32.2. The number of hydrogen-bond donors (Lipinski definition) is 0. The Labute approximate surface area is 107 Å². The molecule has 0 N–H and O–H groups in total. The molecule has 1 heteroatoms. The first-order valence-corrected chi connectivity index (χ1v) is 7.54. The Morgan fingerprint density at radius 3 is 2.31 bits per heavy atom. The molecule has 0 bridgehead atoms. The molecule has 0 saturated carbocycles. The predicted molar refractivity (Wildman–Crippen MR) is 79.1 cm³/mol. The highest BCUT2D eigenvalue weighted by molar-refractivity contribution is 8.00. The van der Waals surface area contributed by atoms with Crippen LogP contribution in [0.1, 0.15) is 48.0 Å². The van der Waals surface area contributed by atoms with Gasteiger partial charge in [-0.2, -0.15) is 11.8 Å². The molecule has 0 aromatic rings. The Morgan fingerprint density at radius 1 is 1.19 bits per heavy atom. The Morgan fingerprint density at radius 2 is 1.81 bits per heavy atom. The summed E-state index contributed by atoms with van der Waals surface area (Å²) in [5.74, 6) is 2.50. The van der Waals surface area contributed by atoms with Crippen molar-refractivity contribution in [2.45, 2.75) is 53.2 Å². The quantitative estimate of drug-likeness (QED) is 0.543. The van der Waals surface area contributed by atoms with Gasteiger partial charge < -0.3 is 0 Å². The van der Waals surface area contributed by atoms with E-state index >= 15 is 0 Å². The molecule has 0 spiro atoms. The number of allylic oxidation sites excluding steroid dienone is 3. The standard InChI is InChI=1S/C15H28S/c1-7-9-10-12(3)15(6)13(4)11-14(5)16-8-2/h9-12,14-15H,7-8H2,1-6H3/b10-9-,13-11+. The van der Waals surface area contributed by atoms with Crippen LogP contribution in [0.15, 0.2) is 23.8 Å². The van der Waals surface area contributed by atoms with Crippen molar-refractivity contribution in [1.82, 2.24) is 0 Å². The van der Waals surface area contributed by atoms with Gasteiger partial charge in [0.05, 0.1) is 0 Å². The van der Waals surface area contributed by atoms with E-state index in [9.17, 15) is 0 Å². The van der Waals surface area contributed by atoms with E-state index in [1.807, 2.05) is 11.8 Å². The number of hydrogen-bond acceptors (Lipinski definition) is 1. The van der Waals surface area contributed by atoms with Crippen LogP contribution in [-0.4, -0.2) is 11.0 Å². The second-order valence-corrected chi connectivity index (χ2v) is 6.21. The van der Waals surface area contributed by atoms with E-state index in [2.05, 4.69) is 59.8 Å². The van der Waals surface area contributed by atoms with E-state index in [-0.39, 0.29) is 0 Å². The van der Waals surface area contributed by atoms with E-state index in [0.717, 1.165) is 6.42 Å². The summed E-state index contributed by atoms with van der Waals surface area (Å²) >= 11 is 2.01. The molecule has 0 fully saturated rings. The zero-order valence-corrected chi connectivity index (χ0v) is 12.6. The van der Waals surface area contributed by atoms with E-state index in [1.165, 1.54) is 11.3 Å². The van der Waals surface area contributed by atoms with Crippen LogP contribution in [-0.2, 0) is 0 Å². The van der Waals surface area contributed by atoms with E-state index in [4.69, 9.17) is 0 Å². The molecule has 0 aliphatic carbocycles. The van der Waals surface area contributed by atoms with Gasteiger partial charge in [-0.05, 0) is 37.9 Å². The molecule has 0 aliphatic heterocycles. The molecule has 0 nitrogen and oxygen atoms in total. The van der Waals surface area contributed by atoms with Gasteiger partial charge in [-0.15, -0.1) is 0 Å². The van der Waals surface area contributed by atoms with Crippen LogP contribution in [0.25, 0.3) is 0 Å². The van der Waals surface area contributed by atoms with E-state index < -0.39 is 0 Å². The number of rotatable bonds is 7. The maximum atomic E-state index is 2.43. The first-order chi connectivity index (χ1) is 7.52.